The van der Waals surface area contributed by atoms with Crippen LogP contribution in [0.4, 0.5) is 0 Å². The number of nitriles is 1. The first-order valence-electron chi connectivity index (χ1n) is 9.34. The van der Waals surface area contributed by atoms with Crippen molar-refractivity contribution in [3.8, 4) is 23.2 Å². The molecule has 0 aliphatic carbocycles. The number of methoxy groups -OCH3 is 1. The molecule has 0 fully saturated rings. The molecule has 0 saturated carbocycles. The van der Waals surface area contributed by atoms with E-state index in [1.165, 1.54) is 11.8 Å². The highest BCUT2D eigenvalue weighted by atomic mass is 32.2. The third-order valence-corrected chi connectivity index (χ3v) is 5.88. The minimum atomic E-state index is -0.922. The van der Waals surface area contributed by atoms with Gasteiger partial charge in [-0.2, -0.15) is 5.26 Å². The van der Waals surface area contributed by atoms with Crippen LogP contribution in [0.5, 0.6) is 5.75 Å². The monoisotopic (exact) mass is 413 g/mol. The fraction of sp³-hybridized carbons (Fsp3) is 0.429. The molecule has 2 aromatic rings. The van der Waals surface area contributed by atoms with Gasteiger partial charge in [0.05, 0.1) is 18.4 Å². The largest absolute Gasteiger partial charge is 0.497 e. The van der Waals surface area contributed by atoms with Gasteiger partial charge in [0.1, 0.15) is 11.3 Å². The van der Waals surface area contributed by atoms with Gasteiger partial charge in [-0.1, -0.05) is 31.7 Å². The van der Waals surface area contributed by atoms with Crippen molar-refractivity contribution in [3.63, 3.8) is 0 Å². The lowest BCUT2D eigenvalue weighted by Gasteiger charge is -2.28. The van der Waals surface area contributed by atoms with E-state index in [1.807, 2.05) is 42.7 Å². The smallest absolute Gasteiger partial charge is 0.234 e. The average molecular weight is 414 g/mol. The molecule has 1 N–H and O–H groups in total. The van der Waals surface area contributed by atoms with Gasteiger partial charge in [0.2, 0.25) is 5.91 Å². The van der Waals surface area contributed by atoms with Gasteiger partial charge in [0.15, 0.2) is 11.0 Å². The van der Waals surface area contributed by atoms with Gasteiger partial charge < -0.3 is 10.1 Å². The Hall–Kier alpha value is -2.79. The number of nitrogens with one attached hydrogen (secondary N) is 1. The maximum absolute atomic E-state index is 12.7. The van der Waals surface area contributed by atoms with Crippen LogP contribution < -0.4 is 10.1 Å². The SMILES string of the molecule is C=CCn1c(S[C@@H](C)C(=O)N[C@@](C)(C#N)C(C)C)nnc1-c1ccc(OC)cc1. The molecule has 0 unspecified atom stereocenters. The van der Waals surface area contributed by atoms with E-state index in [9.17, 15) is 10.1 Å². The molecular formula is C21H27N5O2S. The maximum Gasteiger partial charge on any atom is 0.234 e. The molecule has 0 aliphatic heterocycles. The summed E-state index contributed by atoms with van der Waals surface area (Å²) in [5, 5.41) is 21.0. The van der Waals surface area contributed by atoms with Crippen molar-refractivity contribution in [3.05, 3.63) is 36.9 Å². The Morgan fingerprint density at radius 2 is 2.03 bits per heavy atom. The minimum absolute atomic E-state index is 0.0141. The van der Waals surface area contributed by atoms with Crippen LogP contribution in [0, 0.1) is 17.2 Å². The summed E-state index contributed by atoms with van der Waals surface area (Å²) in [6.45, 7) is 11.7. The molecule has 1 aromatic carbocycles. The number of amides is 1. The van der Waals surface area contributed by atoms with Crippen LogP contribution >= 0.6 is 11.8 Å². The Morgan fingerprint density at radius 3 is 2.55 bits per heavy atom. The summed E-state index contributed by atoms with van der Waals surface area (Å²) in [6.07, 6.45) is 1.76. The fourth-order valence-corrected chi connectivity index (χ4v) is 3.35. The number of carbonyl (C=O) groups is 1. The third-order valence-electron chi connectivity index (χ3n) is 4.80. The minimum Gasteiger partial charge on any atom is -0.497 e. The summed E-state index contributed by atoms with van der Waals surface area (Å²) in [5.41, 5.74) is -0.0319. The molecule has 7 nitrogen and oxygen atoms in total. The molecule has 0 bridgehead atoms. The molecule has 2 atom stereocenters. The van der Waals surface area contributed by atoms with E-state index in [0.717, 1.165) is 11.3 Å². The molecule has 2 rings (SSSR count). The average Bonchev–Trinajstić information content (AvgIpc) is 3.10. The summed E-state index contributed by atoms with van der Waals surface area (Å²) in [7, 11) is 1.62. The summed E-state index contributed by atoms with van der Waals surface area (Å²) >= 11 is 1.30. The molecule has 1 heterocycles. The lowest BCUT2D eigenvalue weighted by atomic mass is 9.90. The van der Waals surface area contributed by atoms with Gasteiger partial charge in [-0.05, 0) is 44.0 Å². The number of ether oxygens (including phenoxy) is 1. The zero-order valence-electron chi connectivity index (χ0n) is 17.5. The molecule has 154 valence electrons. The van der Waals surface area contributed by atoms with E-state index in [0.29, 0.717) is 17.5 Å². The molecular weight excluding hydrogens is 386 g/mol. The van der Waals surface area contributed by atoms with Gasteiger partial charge in [-0.25, -0.2) is 0 Å². The van der Waals surface area contributed by atoms with E-state index >= 15 is 0 Å². The number of benzene rings is 1. The first kappa shape index (κ1) is 22.5. The Bertz CT molecular complexity index is 901. The van der Waals surface area contributed by atoms with Crippen LogP contribution in [0.1, 0.15) is 27.7 Å². The second-order valence-electron chi connectivity index (χ2n) is 7.15. The van der Waals surface area contributed by atoms with Crippen molar-refractivity contribution in [1.29, 1.82) is 5.26 Å². The highest BCUT2D eigenvalue weighted by Gasteiger charge is 2.32. The Kier molecular flexibility index (Phi) is 7.46. The van der Waals surface area contributed by atoms with E-state index in [2.05, 4.69) is 28.2 Å². The maximum atomic E-state index is 12.7. The number of carbonyl (C=O) groups excluding carboxylic acids is 1. The van der Waals surface area contributed by atoms with Gasteiger partial charge >= 0.3 is 0 Å². The summed E-state index contributed by atoms with van der Waals surface area (Å²) < 4.78 is 7.11. The Morgan fingerprint density at radius 1 is 1.38 bits per heavy atom. The van der Waals surface area contributed by atoms with Crippen molar-refractivity contribution >= 4 is 17.7 Å². The van der Waals surface area contributed by atoms with Crippen molar-refractivity contribution < 1.29 is 9.53 Å². The summed E-state index contributed by atoms with van der Waals surface area (Å²) in [6, 6.07) is 9.74. The predicted molar refractivity (Wildman–Crippen MR) is 115 cm³/mol. The molecule has 1 amide bonds. The third kappa shape index (κ3) is 5.18. The van der Waals surface area contributed by atoms with Crippen molar-refractivity contribution in [2.45, 2.75) is 50.2 Å². The van der Waals surface area contributed by atoms with Gasteiger partial charge in [0, 0.05) is 12.1 Å². The molecule has 0 aliphatic rings. The highest BCUT2D eigenvalue weighted by molar-refractivity contribution is 8.00. The lowest BCUT2D eigenvalue weighted by Crippen LogP contribution is -2.51. The molecule has 29 heavy (non-hydrogen) atoms. The quantitative estimate of drug-likeness (QED) is 0.498. The van der Waals surface area contributed by atoms with Crippen LogP contribution in [-0.4, -0.2) is 38.6 Å². The number of hydrogen-bond donors (Lipinski definition) is 1. The van der Waals surface area contributed by atoms with E-state index in [-0.39, 0.29) is 11.8 Å². The second-order valence-corrected chi connectivity index (χ2v) is 8.46. The molecule has 8 heteroatoms. The first-order valence-corrected chi connectivity index (χ1v) is 10.2. The fourth-order valence-electron chi connectivity index (χ4n) is 2.49. The van der Waals surface area contributed by atoms with Gasteiger partial charge in [0.25, 0.3) is 0 Å². The number of hydrogen-bond acceptors (Lipinski definition) is 6. The summed E-state index contributed by atoms with van der Waals surface area (Å²) in [5.74, 6) is 1.22. The lowest BCUT2D eigenvalue weighted by molar-refractivity contribution is -0.121. The van der Waals surface area contributed by atoms with Crippen LogP contribution in [0.2, 0.25) is 0 Å². The van der Waals surface area contributed by atoms with E-state index in [1.54, 1.807) is 27.0 Å². The van der Waals surface area contributed by atoms with Crippen LogP contribution in [0.25, 0.3) is 11.4 Å². The van der Waals surface area contributed by atoms with Crippen LogP contribution in [-0.2, 0) is 11.3 Å². The van der Waals surface area contributed by atoms with Gasteiger partial charge in [-0.15, -0.1) is 16.8 Å². The predicted octanol–water partition coefficient (Wildman–Crippen LogP) is 3.67. The van der Waals surface area contributed by atoms with Crippen molar-refractivity contribution in [2.75, 3.05) is 7.11 Å². The topological polar surface area (TPSA) is 92.8 Å². The number of thioether (sulfide) groups is 1. The molecule has 0 spiro atoms. The number of nitrogens with zero attached hydrogens (tertiary/aromatic N) is 4. The second kappa shape index (κ2) is 9.61. The molecule has 0 radical (unpaired) electrons. The van der Waals surface area contributed by atoms with Gasteiger partial charge in [-0.3, -0.25) is 9.36 Å². The number of allylic oxidation sites excluding steroid dienone is 1. The molecule has 0 saturated heterocycles. The Balaban J connectivity index is 2.24. The van der Waals surface area contributed by atoms with E-state index < -0.39 is 10.8 Å². The Labute approximate surface area is 176 Å². The zero-order chi connectivity index (χ0) is 21.6. The standard InChI is InChI=1S/C21H27N5O2S/c1-7-12-26-18(16-8-10-17(28-6)11-9-16)24-25-20(26)29-15(4)19(27)23-21(5,13-22)14(2)3/h7-11,14-15H,1,12H2,2-6H3,(H,23,27)/t15-,21-/m0/s1. The van der Waals surface area contributed by atoms with Crippen molar-refractivity contribution in [2.24, 2.45) is 5.92 Å². The molecule has 1 aromatic heterocycles. The number of rotatable bonds is 9. The van der Waals surface area contributed by atoms with E-state index in [4.69, 9.17) is 4.74 Å². The highest BCUT2D eigenvalue weighted by Crippen LogP contribution is 2.28. The van der Waals surface area contributed by atoms with Crippen molar-refractivity contribution in [1.82, 2.24) is 20.1 Å². The zero-order valence-corrected chi connectivity index (χ0v) is 18.3. The summed E-state index contributed by atoms with van der Waals surface area (Å²) in [4.78, 5) is 12.7. The normalized spacial score (nSPS) is 14.0. The van der Waals surface area contributed by atoms with Crippen LogP contribution in [0.3, 0.4) is 0 Å². The first-order chi connectivity index (χ1) is 13.8. The van der Waals surface area contributed by atoms with Crippen LogP contribution in [0.15, 0.2) is 42.1 Å². The number of aromatic nitrogens is 3.